The molecule has 0 radical (unpaired) electrons. The van der Waals surface area contributed by atoms with Gasteiger partial charge < -0.3 is 0 Å². The standard InChI is InChI=1S/C43H29N3/c1-4-11-30(12-5-1)32-19-21-34(22-20-32)42-44-41(33-15-8-3-9-16-33)45-43(46-42)40-18-10-17-35(29-40)37-25-26-38-27-36(23-24-39(38)28-37)31-13-6-2-7-14-31/h1-29H/i2D,6D,7D,13D,14D. The predicted molar refractivity (Wildman–Crippen MR) is 190 cm³/mol. The molecule has 7 aromatic carbocycles. The summed E-state index contributed by atoms with van der Waals surface area (Å²) in [5.41, 5.74) is 7.65. The Kier molecular flexibility index (Phi) is 5.86. The fourth-order valence-corrected chi connectivity index (χ4v) is 5.61. The lowest BCUT2D eigenvalue weighted by molar-refractivity contribution is 1.07. The summed E-state index contributed by atoms with van der Waals surface area (Å²) in [7, 11) is 0. The molecule has 46 heavy (non-hydrogen) atoms. The third kappa shape index (κ3) is 5.58. The van der Waals surface area contributed by atoms with E-state index in [9.17, 15) is 0 Å². The highest BCUT2D eigenvalue weighted by atomic mass is 15.0. The molecule has 0 saturated heterocycles. The van der Waals surface area contributed by atoms with Crippen molar-refractivity contribution in [1.29, 1.82) is 0 Å². The highest BCUT2D eigenvalue weighted by Gasteiger charge is 2.13. The molecule has 0 atom stereocenters. The van der Waals surface area contributed by atoms with Crippen LogP contribution in [0.1, 0.15) is 6.85 Å². The molecule has 0 fully saturated rings. The van der Waals surface area contributed by atoms with E-state index in [0.717, 1.165) is 49.7 Å². The van der Waals surface area contributed by atoms with Crippen molar-refractivity contribution in [2.45, 2.75) is 0 Å². The quantitative estimate of drug-likeness (QED) is 0.193. The van der Waals surface area contributed by atoms with Crippen molar-refractivity contribution < 1.29 is 6.85 Å². The molecule has 3 heteroatoms. The van der Waals surface area contributed by atoms with Gasteiger partial charge in [-0.25, -0.2) is 15.0 Å². The first kappa shape index (κ1) is 22.3. The van der Waals surface area contributed by atoms with Gasteiger partial charge in [0, 0.05) is 16.7 Å². The molecule has 0 aliphatic rings. The summed E-state index contributed by atoms with van der Waals surface area (Å²) in [6.07, 6.45) is 0. The van der Waals surface area contributed by atoms with E-state index in [1.165, 1.54) is 0 Å². The lowest BCUT2D eigenvalue weighted by Gasteiger charge is -2.11. The van der Waals surface area contributed by atoms with Gasteiger partial charge in [-0.05, 0) is 62.4 Å². The minimum atomic E-state index is -0.399. The maximum Gasteiger partial charge on any atom is 0.164 e. The molecule has 216 valence electrons. The van der Waals surface area contributed by atoms with Crippen molar-refractivity contribution in [2.24, 2.45) is 0 Å². The summed E-state index contributed by atoms with van der Waals surface area (Å²) in [5.74, 6) is 1.75. The zero-order chi connectivity index (χ0) is 35.1. The van der Waals surface area contributed by atoms with E-state index in [4.69, 9.17) is 21.8 Å². The van der Waals surface area contributed by atoms with Gasteiger partial charge >= 0.3 is 0 Å². The summed E-state index contributed by atoms with van der Waals surface area (Å²) >= 11 is 0. The second kappa shape index (κ2) is 12.1. The largest absolute Gasteiger partial charge is 0.208 e. The molecule has 1 heterocycles. The lowest BCUT2D eigenvalue weighted by Crippen LogP contribution is -2.00. The Bertz CT molecular complexity index is 2550. The van der Waals surface area contributed by atoms with Crippen LogP contribution in [0.15, 0.2) is 176 Å². The summed E-state index contributed by atoms with van der Waals surface area (Å²) < 4.78 is 40.9. The van der Waals surface area contributed by atoms with Crippen molar-refractivity contribution in [3.63, 3.8) is 0 Å². The van der Waals surface area contributed by atoms with Crippen LogP contribution in [0.3, 0.4) is 0 Å². The van der Waals surface area contributed by atoms with Crippen molar-refractivity contribution in [3.8, 4) is 67.5 Å². The van der Waals surface area contributed by atoms with Gasteiger partial charge in [-0.2, -0.15) is 0 Å². The molecule has 0 spiro atoms. The number of nitrogens with zero attached hydrogens (tertiary/aromatic N) is 3. The van der Waals surface area contributed by atoms with E-state index in [1.807, 2.05) is 103 Å². The first-order valence-electron chi connectivity index (χ1n) is 17.5. The van der Waals surface area contributed by atoms with Gasteiger partial charge in [0.1, 0.15) is 0 Å². The van der Waals surface area contributed by atoms with Gasteiger partial charge in [0.15, 0.2) is 17.5 Å². The normalized spacial score (nSPS) is 12.6. The van der Waals surface area contributed by atoms with Gasteiger partial charge in [0.25, 0.3) is 0 Å². The van der Waals surface area contributed by atoms with E-state index >= 15 is 0 Å². The van der Waals surface area contributed by atoms with Crippen LogP contribution in [-0.4, -0.2) is 15.0 Å². The zero-order valence-corrected chi connectivity index (χ0v) is 24.7. The fraction of sp³-hybridized carbons (Fsp3) is 0. The predicted octanol–water partition coefficient (Wildman–Crippen LogP) is 11.0. The first-order chi connectivity index (χ1) is 24.8. The van der Waals surface area contributed by atoms with Crippen LogP contribution in [0, 0.1) is 0 Å². The summed E-state index contributed by atoms with van der Waals surface area (Å²) in [6.45, 7) is 0. The number of hydrogen-bond donors (Lipinski definition) is 0. The maximum absolute atomic E-state index is 8.40. The van der Waals surface area contributed by atoms with E-state index in [1.54, 1.807) is 6.07 Å². The Morgan fingerprint density at radius 1 is 0.304 bits per heavy atom. The number of aromatic nitrogens is 3. The maximum atomic E-state index is 8.40. The highest BCUT2D eigenvalue weighted by Crippen LogP contribution is 2.32. The Balaban J connectivity index is 1.16. The molecule has 0 saturated carbocycles. The Hall–Kier alpha value is -6.19. The van der Waals surface area contributed by atoms with E-state index < -0.39 is 6.04 Å². The molecule has 0 N–H and O–H groups in total. The molecular formula is C43H29N3. The van der Waals surface area contributed by atoms with Gasteiger partial charge in [0.2, 0.25) is 0 Å². The van der Waals surface area contributed by atoms with Crippen LogP contribution in [0.4, 0.5) is 0 Å². The van der Waals surface area contributed by atoms with Gasteiger partial charge in [0.05, 0.1) is 6.85 Å². The van der Waals surface area contributed by atoms with Crippen molar-refractivity contribution in [2.75, 3.05) is 0 Å². The van der Waals surface area contributed by atoms with Crippen LogP contribution < -0.4 is 0 Å². The minimum Gasteiger partial charge on any atom is -0.208 e. The van der Waals surface area contributed by atoms with Crippen LogP contribution in [0.2, 0.25) is 0 Å². The monoisotopic (exact) mass is 592 g/mol. The average molecular weight is 593 g/mol. The van der Waals surface area contributed by atoms with E-state index in [2.05, 4.69) is 36.4 Å². The average Bonchev–Trinajstić information content (AvgIpc) is 3.20. The SMILES string of the molecule is [2H]c1c([2H])c([2H])c(-c2ccc3cc(-c4cccc(-c5nc(-c6ccccc6)nc(-c6ccc(-c7ccccc7)cc6)n5)c4)ccc3c2)c([2H])c1[2H]. The van der Waals surface area contributed by atoms with Crippen molar-refractivity contribution >= 4 is 10.8 Å². The zero-order valence-electron chi connectivity index (χ0n) is 29.7. The number of benzene rings is 7. The lowest BCUT2D eigenvalue weighted by atomic mass is 9.97. The number of fused-ring (bicyclic) bond motifs is 1. The molecule has 3 nitrogen and oxygen atoms in total. The van der Waals surface area contributed by atoms with Crippen LogP contribution in [0.25, 0.3) is 78.3 Å². The molecule has 1 aromatic heterocycles. The van der Waals surface area contributed by atoms with Crippen LogP contribution in [-0.2, 0) is 0 Å². The number of hydrogen-bond acceptors (Lipinski definition) is 3. The van der Waals surface area contributed by atoms with E-state index in [0.29, 0.717) is 23.0 Å². The van der Waals surface area contributed by atoms with Crippen molar-refractivity contribution in [1.82, 2.24) is 15.0 Å². The first-order valence-corrected chi connectivity index (χ1v) is 15.0. The Labute approximate surface area is 275 Å². The van der Waals surface area contributed by atoms with E-state index in [-0.39, 0.29) is 29.7 Å². The molecule has 0 bridgehead atoms. The number of rotatable bonds is 6. The molecule has 0 amide bonds. The minimum absolute atomic E-state index is 0.193. The second-order valence-corrected chi connectivity index (χ2v) is 11.0. The topological polar surface area (TPSA) is 38.7 Å². The summed E-state index contributed by atoms with van der Waals surface area (Å²) in [6, 6.07) is 46.7. The third-order valence-electron chi connectivity index (χ3n) is 8.00. The van der Waals surface area contributed by atoms with Gasteiger partial charge in [-0.3, -0.25) is 0 Å². The third-order valence-corrected chi connectivity index (χ3v) is 8.00. The summed E-state index contributed by atoms with van der Waals surface area (Å²) in [4.78, 5) is 14.8. The molecule has 8 aromatic rings. The molecule has 0 unspecified atom stereocenters. The van der Waals surface area contributed by atoms with Crippen molar-refractivity contribution in [3.05, 3.63) is 176 Å². The highest BCUT2D eigenvalue weighted by molar-refractivity contribution is 5.91. The molecule has 0 aliphatic heterocycles. The van der Waals surface area contributed by atoms with Crippen LogP contribution in [0.5, 0.6) is 0 Å². The Morgan fingerprint density at radius 2 is 0.717 bits per heavy atom. The Morgan fingerprint density at radius 3 is 1.35 bits per heavy atom. The molecular weight excluding hydrogens is 558 g/mol. The molecule has 0 aliphatic carbocycles. The molecule has 8 rings (SSSR count). The van der Waals surface area contributed by atoms with Crippen LogP contribution >= 0.6 is 0 Å². The van der Waals surface area contributed by atoms with Gasteiger partial charge in [-0.1, -0.05) is 158 Å². The summed E-state index contributed by atoms with van der Waals surface area (Å²) in [5, 5.41) is 1.86. The fourth-order valence-electron chi connectivity index (χ4n) is 5.61. The van der Waals surface area contributed by atoms with Gasteiger partial charge in [-0.15, -0.1) is 0 Å². The second-order valence-electron chi connectivity index (χ2n) is 11.0. The smallest absolute Gasteiger partial charge is 0.164 e.